The van der Waals surface area contributed by atoms with Crippen LogP contribution in [0.25, 0.3) is 0 Å². The quantitative estimate of drug-likeness (QED) is 0.837. The van der Waals surface area contributed by atoms with Crippen LogP contribution in [0.15, 0.2) is 42.6 Å². The number of methoxy groups -OCH3 is 1. The zero-order chi connectivity index (χ0) is 17.5. The smallest absolute Gasteiger partial charge is 0.251 e. The fourth-order valence-corrected chi connectivity index (χ4v) is 2.62. The fourth-order valence-electron chi connectivity index (χ4n) is 2.62. The molecule has 1 saturated heterocycles. The van der Waals surface area contributed by atoms with Crippen molar-refractivity contribution >= 4 is 5.91 Å². The van der Waals surface area contributed by atoms with Crippen LogP contribution in [0.3, 0.4) is 0 Å². The normalized spacial score (nSPS) is 16.4. The number of nitrogens with one attached hydrogen (secondary N) is 1. The minimum Gasteiger partial charge on any atom is -0.491 e. The molecule has 1 aliphatic heterocycles. The molecule has 0 spiro atoms. The maximum Gasteiger partial charge on any atom is 0.251 e. The van der Waals surface area contributed by atoms with Crippen molar-refractivity contribution in [2.24, 2.45) is 0 Å². The van der Waals surface area contributed by atoms with Gasteiger partial charge in [-0.15, -0.1) is 0 Å². The lowest BCUT2D eigenvalue weighted by atomic mass is 10.2. The molecule has 1 amide bonds. The van der Waals surface area contributed by atoms with E-state index in [1.54, 1.807) is 43.6 Å². The highest BCUT2D eigenvalue weighted by atomic mass is 16.5. The summed E-state index contributed by atoms with van der Waals surface area (Å²) >= 11 is 0. The van der Waals surface area contributed by atoms with E-state index in [0.717, 1.165) is 30.8 Å². The fraction of sp³-hybridized carbons (Fsp3) is 0.368. The number of hydrogen-bond acceptors (Lipinski definition) is 5. The highest BCUT2D eigenvalue weighted by Gasteiger charge is 2.16. The van der Waals surface area contributed by atoms with Crippen molar-refractivity contribution in [1.29, 1.82) is 0 Å². The SMILES string of the molecule is COc1cc(CNC(=O)c2ccc(OC[C@@H]3CCCO3)cc2)ccn1. The molecule has 1 N–H and O–H groups in total. The number of benzene rings is 1. The Kier molecular flexibility index (Phi) is 5.85. The van der Waals surface area contributed by atoms with E-state index in [2.05, 4.69) is 10.3 Å². The molecule has 1 aromatic heterocycles. The maximum absolute atomic E-state index is 12.2. The summed E-state index contributed by atoms with van der Waals surface area (Å²) in [5.41, 5.74) is 1.52. The number of carbonyl (C=O) groups excluding carboxylic acids is 1. The molecule has 1 aromatic carbocycles. The van der Waals surface area contributed by atoms with E-state index in [4.69, 9.17) is 14.2 Å². The zero-order valence-corrected chi connectivity index (χ0v) is 14.2. The van der Waals surface area contributed by atoms with E-state index < -0.39 is 0 Å². The van der Waals surface area contributed by atoms with Crippen molar-refractivity contribution in [3.05, 3.63) is 53.7 Å². The number of carbonyl (C=O) groups is 1. The average Bonchev–Trinajstić information content (AvgIpc) is 3.18. The summed E-state index contributed by atoms with van der Waals surface area (Å²) < 4.78 is 16.3. The molecule has 6 heteroatoms. The lowest BCUT2D eigenvalue weighted by Crippen LogP contribution is -2.22. The highest BCUT2D eigenvalue weighted by molar-refractivity contribution is 5.94. The number of hydrogen-bond donors (Lipinski definition) is 1. The Morgan fingerprint density at radius 3 is 2.88 bits per heavy atom. The lowest BCUT2D eigenvalue weighted by Gasteiger charge is -2.12. The van der Waals surface area contributed by atoms with Crippen LogP contribution >= 0.6 is 0 Å². The van der Waals surface area contributed by atoms with Gasteiger partial charge in [-0.25, -0.2) is 4.98 Å². The summed E-state index contributed by atoms with van der Waals surface area (Å²) in [4.78, 5) is 16.3. The predicted octanol–water partition coefficient (Wildman–Crippen LogP) is 2.58. The summed E-state index contributed by atoms with van der Waals surface area (Å²) in [6.07, 6.45) is 3.97. The summed E-state index contributed by atoms with van der Waals surface area (Å²) in [7, 11) is 1.56. The molecule has 0 radical (unpaired) electrons. The van der Waals surface area contributed by atoms with Crippen molar-refractivity contribution < 1.29 is 19.0 Å². The largest absolute Gasteiger partial charge is 0.491 e. The standard InChI is InChI=1S/C19H22N2O4/c1-23-18-11-14(8-9-20-18)12-21-19(22)15-4-6-16(7-5-15)25-13-17-3-2-10-24-17/h4-9,11,17H,2-3,10,12-13H2,1H3,(H,21,22)/t17-/m0/s1. The second-order valence-electron chi connectivity index (χ2n) is 5.86. The monoisotopic (exact) mass is 342 g/mol. The predicted molar refractivity (Wildman–Crippen MR) is 92.9 cm³/mol. The van der Waals surface area contributed by atoms with Crippen molar-refractivity contribution in [2.75, 3.05) is 20.3 Å². The van der Waals surface area contributed by atoms with Crippen LogP contribution < -0.4 is 14.8 Å². The van der Waals surface area contributed by atoms with E-state index in [0.29, 0.717) is 24.6 Å². The van der Waals surface area contributed by atoms with Gasteiger partial charge in [0.05, 0.1) is 13.2 Å². The molecular formula is C19H22N2O4. The van der Waals surface area contributed by atoms with Crippen molar-refractivity contribution in [3.63, 3.8) is 0 Å². The first-order valence-electron chi connectivity index (χ1n) is 8.36. The number of nitrogens with zero attached hydrogens (tertiary/aromatic N) is 1. The summed E-state index contributed by atoms with van der Waals surface area (Å²) in [5.74, 6) is 1.13. The van der Waals surface area contributed by atoms with Gasteiger partial charge in [-0.2, -0.15) is 0 Å². The third-order valence-electron chi connectivity index (χ3n) is 4.04. The van der Waals surface area contributed by atoms with E-state index in [-0.39, 0.29) is 12.0 Å². The molecule has 25 heavy (non-hydrogen) atoms. The molecule has 2 heterocycles. The van der Waals surface area contributed by atoms with Gasteiger partial charge in [-0.05, 0) is 48.7 Å². The third kappa shape index (κ3) is 4.93. The van der Waals surface area contributed by atoms with Crippen LogP contribution in [0.1, 0.15) is 28.8 Å². The first-order valence-corrected chi connectivity index (χ1v) is 8.36. The van der Waals surface area contributed by atoms with Crippen LogP contribution in [0.4, 0.5) is 0 Å². The lowest BCUT2D eigenvalue weighted by molar-refractivity contribution is 0.0679. The van der Waals surface area contributed by atoms with Crippen molar-refractivity contribution in [2.45, 2.75) is 25.5 Å². The van der Waals surface area contributed by atoms with Gasteiger partial charge in [0.15, 0.2) is 0 Å². The molecule has 0 unspecified atom stereocenters. The van der Waals surface area contributed by atoms with Gasteiger partial charge < -0.3 is 19.5 Å². The highest BCUT2D eigenvalue weighted by Crippen LogP contribution is 2.17. The Balaban J connectivity index is 1.49. The molecule has 0 saturated carbocycles. The molecular weight excluding hydrogens is 320 g/mol. The van der Waals surface area contributed by atoms with Crippen molar-refractivity contribution in [1.82, 2.24) is 10.3 Å². The second-order valence-corrected chi connectivity index (χ2v) is 5.86. The number of aromatic nitrogens is 1. The maximum atomic E-state index is 12.2. The van der Waals surface area contributed by atoms with Crippen LogP contribution in [0.2, 0.25) is 0 Å². The number of ether oxygens (including phenoxy) is 3. The van der Waals surface area contributed by atoms with Gasteiger partial charge in [0.2, 0.25) is 5.88 Å². The Bertz CT molecular complexity index is 697. The number of rotatable bonds is 7. The van der Waals surface area contributed by atoms with Crippen LogP contribution in [0, 0.1) is 0 Å². The van der Waals surface area contributed by atoms with E-state index >= 15 is 0 Å². The molecule has 6 nitrogen and oxygen atoms in total. The van der Waals surface area contributed by atoms with Crippen LogP contribution in [-0.2, 0) is 11.3 Å². The number of amides is 1. The van der Waals surface area contributed by atoms with E-state index in [9.17, 15) is 4.79 Å². The van der Waals surface area contributed by atoms with Crippen LogP contribution in [-0.4, -0.2) is 37.3 Å². The molecule has 1 fully saturated rings. The molecule has 0 bridgehead atoms. The summed E-state index contributed by atoms with van der Waals surface area (Å²) in [5, 5.41) is 2.88. The molecule has 1 atom stereocenters. The Morgan fingerprint density at radius 1 is 1.32 bits per heavy atom. The number of pyridine rings is 1. The topological polar surface area (TPSA) is 69.7 Å². The van der Waals surface area contributed by atoms with Gasteiger partial charge in [0.25, 0.3) is 5.91 Å². The third-order valence-corrected chi connectivity index (χ3v) is 4.04. The molecule has 0 aliphatic carbocycles. The van der Waals surface area contributed by atoms with Crippen molar-refractivity contribution in [3.8, 4) is 11.6 Å². The molecule has 132 valence electrons. The first-order chi connectivity index (χ1) is 12.2. The van der Waals surface area contributed by atoms with Gasteiger partial charge >= 0.3 is 0 Å². The summed E-state index contributed by atoms with van der Waals surface area (Å²) in [6.45, 7) is 1.78. The van der Waals surface area contributed by atoms with Gasteiger partial charge in [-0.1, -0.05) is 0 Å². The summed E-state index contributed by atoms with van der Waals surface area (Å²) in [6, 6.07) is 10.8. The van der Waals surface area contributed by atoms with Crippen LogP contribution in [0.5, 0.6) is 11.6 Å². The average molecular weight is 342 g/mol. The Morgan fingerprint density at radius 2 is 2.16 bits per heavy atom. The van der Waals surface area contributed by atoms with E-state index in [1.165, 1.54) is 0 Å². The molecule has 2 aromatic rings. The van der Waals surface area contributed by atoms with E-state index in [1.807, 2.05) is 6.07 Å². The minimum atomic E-state index is -0.138. The molecule has 1 aliphatic rings. The first kappa shape index (κ1) is 17.2. The molecule has 3 rings (SSSR count). The second kappa shape index (κ2) is 8.48. The minimum absolute atomic E-state index is 0.138. The zero-order valence-electron chi connectivity index (χ0n) is 14.2. The van der Waals surface area contributed by atoms with Gasteiger partial charge in [0, 0.05) is 31.0 Å². The Hall–Kier alpha value is -2.60. The van der Waals surface area contributed by atoms with Gasteiger partial charge in [-0.3, -0.25) is 4.79 Å². The Labute approximate surface area is 147 Å². The van der Waals surface area contributed by atoms with Gasteiger partial charge in [0.1, 0.15) is 12.4 Å².